The summed E-state index contributed by atoms with van der Waals surface area (Å²) in [5.74, 6) is -2.40. The van der Waals surface area contributed by atoms with Gasteiger partial charge in [0.05, 0.1) is 12.1 Å². The molecule has 2 aromatic carbocycles. The van der Waals surface area contributed by atoms with Gasteiger partial charge in [-0.05, 0) is 46.5 Å². The van der Waals surface area contributed by atoms with Crippen LogP contribution in [0.4, 0.5) is 9.18 Å². The van der Waals surface area contributed by atoms with Crippen molar-refractivity contribution in [1.29, 1.82) is 0 Å². The van der Waals surface area contributed by atoms with Gasteiger partial charge in [0.1, 0.15) is 17.6 Å². The lowest BCUT2D eigenvalue weighted by molar-refractivity contribution is -0.132. The second kappa shape index (κ2) is 11.1. The van der Waals surface area contributed by atoms with Crippen LogP contribution in [0, 0.1) is 5.82 Å². The highest BCUT2D eigenvalue weighted by atomic mass is 19.1. The zero-order valence-corrected chi connectivity index (χ0v) is 18.6. The zero-order chi connectivity index (χ0) is 25.7. The predicted molar refractivity (Wildman–Crippen MR) is 122 cm³/mol. The molecule has 1 aliphatic heterocycles. The number of hydrogen-bond donors (Lipinski definition) is 7. The van der Waals surface area contributed by atoms with Gasteiger partial charge in [0, 0.05) is 25.8 Å². The summed E-state index contributed by atoms with van der Waals surface area (Å²) in [5, 5.41) is 34.1. The first-order valence-corrected chi connectivity index (χ1v) is 10.8. The van der Waals surface area contributed by atoms with Crippen molar-refractivity contribution < 1.29 is 38.8 Å². The van der Waals surface area contributed by atoms with Gasteiger partial charge in [-0.1, -0.05) is 12.1 Å². The van der Waals surface area contributed by atoms with Crippen molar-refractivity contribution in [1.82, 2.24) is 10.6 Å². The monoisotopic (exact) mass is 490 g/mol. The van der Waals surface area contributed by atoms with Gasteiger partial charge in [-0.25, -0.2) is 9.18 Å². The molecule has 188 valence electrons. The second-order valence-corrected chi connectivity index (χ2v) is 8.23. The molecule has 4 bridgehead atoms. The number of carbonyl (C=O) groups excluding carboxylic acids is 2. The van der Waals surface area contributed by atoms with Gasteiger partial charge in [0.2, 0.25) is 11.8 Å². The summed E-state index contributed by atoms with van der Waals surface area (Å²) in [6.45, 7) is -0.209. The van der Waals surface area contributed by atoms with Crippen LogP contribution in [-0.4, -0.2) is 64.2 Å². The molecule has 0 radical (unpaired) electrons. The molecule has 0 spiro atoms. The number of aliphatic hydroxyl groups is 1. The quantitative estimate of drug-likeness (QED) is 0.287. The molecule has 0 saturated heterocycles. The number of halogens is 1. The fourth-order valence-electron chi connectivity index (χ4n) is 3.75. The molecule has 0 fully saturated rings. The molecule has 2 amide bonds. The molecule has 9 N–H and O–H groups in total. The van der Waals surface area contributed by atoms with Gasteiger partial charge < -0.3 is 42.2 Å². The highest BCUT2D eigenvalue weighted by Crippen LogP contribution is 2.29. The van der Waals surface area contributed by atoms with Gasteiger partial charge in [0.15, 0.2) is 6.23 Å². The molecule has 0 aromatic heterocycles. The van der Waals surface area contributed by atoms with Crippen LogP contribution >= 0.6 is 0 Å². The van der Waals surface area contributed by atoms with Gasteiger partial charge in [-0.15, -0.1) is 0 Å². The van der Waals surface area contributed by atoms with E-state index < -0.39 is 48.2 Å². The SMILES string of the molecule is NC[C@H](O)C[C@@H]1NC(=O)[C@@H](N)Cc2cc(ccc2O)-c2ccc(F)c(c2)C[C@H](OC(=O)O)NC1=O. The Morgan fingerprint density at radius 2 is 1.74 bits per heavy atom. The van der Waals surface area contributed by atoms with Crippen molar-refractivity contribution in [2.75, 3.05) is 6.54 Å². The number of carboxylic acid groups (broad SMARTS) is 1. The summed E-state index contributed by atoms with van der Waals surface area (Å²) >= 11 is 0. The number of nitrogens with two attached hydrogens (primary N) is 2. The number of hydrogen-bond acceptors (Lipinski definition) is 8. The summed E-state index contributed by atoms with van der Waals surface area (Å²) in [6.07, 6.45) is -5.13. The minimum atomic E-state index is -1.71. The molecule has 35 heavy (non-hydrogen) atoms. The minimum absolute atomic E-state index is 0.0535. The van der Waals surface area contributed by atoms with E-state index in [0.29, 0.717) is 16.7 Å². The van der Waals surface area contributed by atoms with E-state index in [1.54, 1.807) is 12.1 Å². The van der Waals surface area contributed by atoms with Gasteiger partial charge in [-0.2, -0.15) is 0 Å². The lowest BCUT2D eigenvalue weighted by Gasteiger charge is -2.25. The molecule has 1 aliphatic rings. The molecule has 12 heteroatoms. The van der Waals surface area contributed by atoms with Crippen LogP contribution in [-0.2, 0) is 27.2 Å². The minimum Gasteiger partial charge on any atom is -0.508 e. The van der Waals surface area contributed by atoms with Gasteiger partial charge in [0.25, 0.3) is 0 Å². The Labute approximate surface area is 199 Å². The lowest BCUT2D eigenvalue weighted by atomic mass is 9.96. The molecule has 0 saturated carbocycles. The molecule has 3 rings (SSSR count). The van der Waals surface area contributed by atoms with E-state index in [1.807, 2.05) is 0 Å². The third-order valence-corrected chi connectivity index (χ3v) is 5.60. The van der Waals surface area contributed by atoms with Crippen LogP contribution in [0.1, 0.15) is 17.5 Å². The summed E-state index contributed by atoms with van der Waals surface area (Å²) in [6, 6.07) is 6.23. The molecule has 4 atom stereocenters. The smallest absolute Gasteiger partial charge is 0.507 e. The first-order chi connectivity index (χ1) is 16.6. The molecular weight excluding hydrogens is 463 g/mol. The summed E-state index contributed by atoms with van der Waals surface area (Å²) in [7, 11) is 0. The van der Waals surface area contributed by atoms with E-state index in [0.717, 1.165) is 0 Å². The number of aliphatic hydroxyl groups excluding tert-OH is 1. The fraction of sp³-hybridized carbons (Fsp3) is 0.348. The van der Waals surface area contributed by atoms with E-state index in [1.165, 1.54) is 24.3 Å². The number of benzene rings is 2. The van der Waals surface area contributed by atoms with Crippen LogP contribution < -0.4 is 22.1 Å². The summed E-state index contributed by atoms with van der Waals surface area (Å²) in [4.78, 5) is 36.9. The zero-order valence-electron chi connectivity index (χ0n) is 18.6. The molecule has 11 nitrogen and oxygen atoms in total. The number of ether oxygens (including phenoxy) is 1. The van der Waals surface area contributed by atoms with Crippen molar-refractivity contribution in [2.24, 2.45) is 11.5 Å². The van der Waals surface area contributed by atoms with Crippen molar-refractivity contribution in [2.45, 2.75) is 43.7 Å². The van der Waals surface area contributed by atoms with Crippen molar-refractivity contribution in [3.8, 4) is 16.9 Å². The van der Waals surface area contributed by atoms with Crippen molar-refractivity contribution >= 4 is 18.0 Å². The topological polar surface area (TPSA) is 197 Å². The first-order valence-electron chi connectivity index (χ1n) is 10.8. The normalized spacial score (nSPS) is 21.7. The number of amides is 2. The predicted octanol–water partition coefficient (Wildman–Crippen LogP) is -0.0444. The van der Waals surface area contributed by atoms with Gasteiger partial charge >= 0.3 is 6.16 Å². The average Bonchev–Trinajstić information content (AvgIpc) is 2.80. The molecule has 0 unspecified atom stereocenters. The summed E-state index contributed by atoms with van der Waals surface area (Å²) in [5.41, 5.74) is 13.0. The van der Waals surface area contributed by atoms with Crippen LogP contribution in [0.15, 0.2) is 36.4 Å². The third-order valence-electron chi connectivity index (χ3n) is 5.60. The maximum atomic E-state index is 14.6. The Hall–Kier alpha value is -3.74. The van der Waals surface area contributed by atoms with E-state index in [-0.39, 0.29) is 37.1 Å². The lowest BCUT2D eigenvalue weighted by Crippen LogP contribution is -2.55. The van der Waals surface area contributed by atoms with E-state index in [2.05, 4.69) is 10.6 Å². The summed E-state index contributed by atoms with van der Waals surface area (Å²) < 4.78 is 19.4. The van der Waals surface area contributed by atoms with Crippen LogP contribution in [0.3, 0.4) is 0 Å². The molecule has 0 aliphatic carbocycles. The number of fused-ring (bicyclic) bond motifs is 5. The van der Waals surface area contributed by atoms with Crippen LogP contribution in [0.2, 0.25) is 0 Å². The Morgan fingerprint density at radius 3 is 2.40 bits per heavy atom. The highest BCUT2D eigenvalue weighted by molar-refractivity contribution is 5.90. The fourth-order valence-corrected chi connectivity index (χ4v) is 3.75. The first kappa shape index (κ1) is 25.9. The highest BCUT2D eigenvalue weighted by Gasteiger charge is 2.29. The second-order valence-electron chi connectivity index (χ2n) is 8.23. The number of phenolic OH excluding ortho intramolecular Hbond substituents is 1. The van der Waals surface area contributed by atoms with E-state index in [4.69, 9.17) is 21.3 Å². The van der Waals surface area contributed by atoms with Crippen LogP contribution in [0.25, 0.3) is 11.1 Å². The number of nitrogens with one attached hydrogen (secondary N) is 2. The molecule has 1 heterocycles. The Bertz CT molecular complexity index is 1110. The van der Waals surface area contributed by atoms with Gasteiger partial charge in [-0.3, -0.25) is 9.59 Å². The number of rotatable bonds is 4. The number of phenols is 1. The van der Waals surface area contributed by atoms with Crippen molar-refractivity contribution in [3.63, 3.8) is 0 Å². The average molecular weight is 490 g/mol. The standard InChI is InChI=1S/C23H27FN4O7/c24-16-3-1-11-5-13(16)8-20(35-23(33)34)28-22(32)18(9-15(29)10-25)27-21(31)17(26)7-14-6-12(11)2-4-19(14)30/h1-6,15,17-18,20,29-30H,7-10,25-26H2,(H,27,31)(H,28,32)(H,33,34)/t15-,17+,18+,20+/m1/s1. The van der Waals surface area contributed by atoms with E-state index >= 15 is 0 Å². The van der Waals surface area contributed by atoms with E-state index in [9.17, 15) is 29.0 Å². The van der Waals surface area contributed by atoms with Crippen molar-refractivity contribution in [3.05, 3.63) is 53.3 Å². The largest absolute Gasteiger partial charge is 0.508 e. The Morgan fingerprint density at radius 1 is 1.09 bits per heavy atom. The Balaban J connectivity index is 2.08. The maximum absolute atomic E-state index is 14.6. The molecule has 2 aromatic rings. The van der Waals surface area contributed by atoms with Crippen LogP contribution in [0.5, 0.6) is 5.75 Å². The number of carbonyl (C=O) groups is 3. The maximum Gasteiger partial charge on any atom is 0.507 e. The number of aromatic hydroxyl groups is 1. The molecular formula is C23H27FN4O7. The Kier molecular flexibility index (Phi) is 8.22. The third kappa shape index (κ3) is 6.66.